The Hall–Kier alpha value is -1.55. The van der Waals surface area contributed by atoms with Gasteiger partial charge in [0.05, 0.1) is 20.3 Å². The number of rotatable bonds is 4. The van der Waals surface area contributed by atoms with Gasteiger partial charge < -0.3 is 14.8 Å². The minimum atomic E-state index is 0.0292. The first-order chi connectivity index (χ1) is 7.78. The first-order valence-corrected chi connectivity index (χ1v) is 5.29. The van der Waals surface area contributed by atoms with Crippen LogP contribution in [-0.4, -0.2) is 26.2 Å². The molecule has 2 rings (SSSR count). The largest absolute Gasteiger partial charge is 0.497 e. The fourth-order valence-electron chi connectivity index (χ4n) is 1.58. The van der Waals surface area contributed by atoms with Crippen molar-refractivity contribution in [1.29, 1.82) is 0 Å². The number of benzene rings is 1. The molecule has 1 aromatic rings. The van der Waals surface area contributed by atoms with E-state index in [4.69, 9.17) is 9.47 Å². The van der Waals surface area contributed by atoms with E-state index in [2.05, 4.69) is 5.32 Å². The van der Waals surface area contributed by atoms with Gasteiger partial charge in [0.2, 0.25) is 5.91 Å². The molecule has 1 fully saturated rings. The number of amides is 1. The molecule has 0 spiro atoms. The third kappa shape index (κ3) is 2.73. The maximum atomic E-state index is 11.6. The summed E-state index contributed by atoms with van der Waals surface area (Å²) in [4.78, 5) is 11.6. The first kappa shape index (κ1) is 11.0. The normalized spacial score (nSPS) is 15.3. The van der Waals surface area contributed by atoms with Crippen molar-refractivity contribution in [3.05, 3.63) is 24.3 Å². The zero-order valence-corrected chi connectivity index (χ0v) is 9.23. The average Bonchev–Trinajstić information content (AvgIpc) is 2.24. The van der Waals surface area contributed by atoms with Crippen LogP contribution in [0.2, 0.25) is 0 Å². The lowest BCUT2D eigenvalue weighted by Gasteiger charge is -2.25. The minimum absolute atomic E-state index is 0.0292. The van der Waals surface area contributed by atoms with Gasteiger partial charge in [-0.15, -0.1) is 0 Å². The molecule has 1 amide bonds. The lowest BCUT2D eigenvalue weighted by Crippen LogP contribution is -2.31. The number of hydrogen-bond donors (Lipinski definition) is 1. The van der Waals surface area contributed by atoms with Crippen LogP contribution in [-0.2, 0) is 9.53 Å². The smallest absolute Gasteiger partial charge is 0.224 e. The van der Waals surface area contributed by atoms with Gasteiger partial charge in [0, 0.05) is 24.1 Å². The number of nitrogens with one attached hydrogen (secondary N) is 1. The molecule has 0 unspecified atom stereocenters. The molecule has 1 aliphatic rings. The maximum absolute atomic E-state index is 11.6. The molecule has 0 radical (unpaired) electrons. The monoisotopic (exact) mass is 221 g/mol. The average molecular weight is 221 g/mol. The predicted molar refractivity (Wildman–Crippen MR) is 60.5 cm³/mol. The minimum Gasteiger partial charge on any atom is -0.497 e. The quantitative estimate of drug-likeness (QED) is 0.841. The number of ether oxygens (including phenoxy) is 2. The Bertz CT molecular complexity index is 374. The molecule has 0 atom stereocenters. The van der Waals surface area contributed by atoms with Crippen molar-refractivity contribution in [1.82, 2.24) is 0 Å². The van der Waals surface area contributed by atoms with Gasteiger partial charge in [-0.2, -0.15) is 0 Å². The van der Waals surface area contributed by atoms with Crippen LogP contribution in [0, 0.1) is 5.92 Å². The van der Waals surface area contributed by atoms with E-state index >= 15 is 0 Å². The molecule has 0 aromatic heterocycles. The van der Waals surface area contributed by atoms with E-state index in [9.17, 15) is 4.79 Å². The number of methoxy groups -OCH3 is 1. The van der Waals surface area contributed by atoms with Gasteiger partial charge in [-0.05, 0) is 12.1 Å². The summed E-state index contributed by atoms with van der Waals surface area (Å²) in [7, 11) is 1.60. The lowest BCUT2D eigenvalue weighted by molar-refractivity contribution is -0.121. The van der Waals surface area contributed by atoms with Crippen LogP contribution in [0.15, 0.2) is 24.3 Å². The number of carbonyl (C=O) groups is 1. The zero-order valence-electron chi connectivity index (χ0n) is 9.23. The molecule has 4 heteroatoms. The van der Waals surface area contributed by atoms with Gasteiger partial charge in [-0.1, -0.05) is 6.07 Å². The van der Waals surface area contributed by atoms with E-state index in [1.165, 1.54) is 0 Å². The fraction of sp³-hybridized carbons (Fsp3) is 0.417. The van der Waals surface area contributed by atoms with Crippen molar-refractivity contribution >= 4 is 11.6 Å². The highest BCUT2D eigenvalue weighted by Gasteiger charge is 2.21. The van der Waals surface area contributed by atoms with Crippen molar-refractivity contribution in [2.45, 2.75) is 6.42 Å². The first-order valence-electron chi connectivity index (χ1n) is 5.29. The summed E-state index contributed by atoms with van der Waals surface area (Å²) in [5, 5.41) is 2.84. The molecule has 0 aliphatic carbocycles. The predicted octanol–water partition coefficient (Wildman–Crippen LogP) is 1.67. The summed E-state index contributed by atoms with van der Waals surface area (Å²) in [6, 6.07) is 7.34. The Morgan fingerprint density at radius 3 is 3.00 bits per heavy atom. The van der Waals surface area contributed by atoms with E-state index in [1.54, 1.807) is 13.2 Å². The van der Waals surface area contributed by atoms with Crippen LogP contribution in [0.1, 0.15) is 6.42 Å². The molecule has 1 saturated heterocycles. The zero-order chi connectivity index (χ0) is 11.4. The van der Waals surface area contributed by atoms with Gasteiger partial charge in [0.1, 0.15) is 5.75 Å². The van der Waals surface area contributed by atoms with Crippen LogP contribution in [0.5, 0.6) is 5.75 Å². The van der Waals surface area contributed by atoms with Crippen molar-refractivity contribution in [3.8, 4) is 5.75 Å². The SMILES string of the molecule is COc1cccc(NC(=O)CC2COC2)c1. The Kier molecular flexibility index (Phi) is 3.41. The van der Waals surface area contributed by atoms with Gasteiger partial charge in [0.15, 0.2) is 0 Å². The third-order valence-electron chi connectivity index (χ3n) is 2.53. The highest BCUT2D eigenvalue weighted by Crippen LogP contribution is 2.19. The second-order valence-electron chi connectivity index (χ2n) is 3.89. The summed E-state index contributed by atoms with van der Waals surface area (Å²) in [6.07, 6.45) is 0.525. The highest BCUT2D eigenvalue weighted by molar-refractivity contribution is 5.91. The molecule has 1 aromatic carbocycles. The molecular formula is C12H15NO3. The number of hydrogen-bond acceptors (Lipinski definition) is 3. The Morgan fingerprint density at radius 2 is 2.38 bits per heavy atom. The number of anilines is 1. The molecular weight excluding hydrogens is 206 g/mol. The Balaban J connectivity index is 1.89. The van der Waals surface area contributed by atoms with Crippen LogP contribution in [0.3, 0.4) is 0 Å². The lowest BCUT2D eigenvalue weighted by atomic mass is 10.0. The second-order valence-corrected chi connectivity index (χ2v) is 3.89. The maximum Gasteiger partial charge on any atom is 0.224 e. The molecule has 0 saturated carbocycles. The van der Waals surface area contributed by atoms with Crippen molar-refractivity contribution in [2.24, 2.45) is 5.92 Å². The Morgan fingerprint density at radius 1 is 1.56 bits per heavy atom. The van der Waals surface area contributed by atoms with Gasteiger partial charge in [0.25, 0.3) is 0 Å². The van der Waals surface area contributed by atoms with E-state index in [-0.39, 0.29) is 5.91 Å². The van der Waals surface area contributed by atoms with Crippen molar-refractivity contribution in [2.75, 3.05) is 25.6 Å². The van der Waals surface area contributed by atoms with E-state index < -0.39 is 0 Å². The van der Waals surface area contributed by atoms with E-state index in [0.29, 0.717) is 25.6 Å². The number of carbonyl (C=O) groups excluding carboxylic acids is 1. The molecule has 86 valence electrons. The molecule has 4 nitrogen and oxygen atoms in total. The summed E-state index contributed by atoms with van der Waals surface area (Å²) in [6.45, 7) is 1.40. The van der Waals surface area contributed by atoms with Crippen molar-refractivity contribution in [3.63, 3.8) is 0 Å². The van der Waals surface area contributed by atoms with Crippen molar-refractivity contribution < 1.29 is 14.3 Å². The summed E-state index contributed by atoms with van der Waals surface area (Å²) in [5.41, 5.74) is 0.768. The van der Waals surface area contributed by atoms with Crippen LogP contribution in [0.25, 0.3) is 0 Å². The highest BCUT2D eigenvalue weighted by atomic mass is 16.5. The summed E-state index contributed by atoms with van der Waals surface area (Å²) < 4.78 is 10.1. The van der Waals surface area contributed by atoms with Gasteiger partial charge in [-0.3, -0.25) is 4.79 Å². The molecule has 0 bridgehead atoms. The fourth-order valence-corrected chi connectivity index (χ4v) is 1.58. The van der Waals surface area contributed by atoms with E-state index in [1.807, 2.05) is 18.2 Å². The van der Waals surface area contributed by atoms with Gasteiger partial charge in [-0.25, -0.2) is 0 Å². The van der Waals surface area contributed by atoms with Crippen LogP contribution in [0.4, 0.5) is 5.69 Å². The molecule has 16 heavy (non-hydrogen) atoms. The molecule has 1 heterocycles. The second kappa shape index (κ2) is 4.99. The molecule has 1 aliphatic heterocycles. The summed E-state index contributed by atoms with van der Waals surface area (Å²) in [5.74, 6) is 1.15. The Labute approximate surface area is 94.6 Å². The standard InChI is InChI=1S/C12H15NO3/c1-15-11-4-2-3-10(6-11)13-12(14)5-9-7-16-8-9/h2-4,6,9H,5,7-8H2,1H3,(H,13,14). The van der Waals surface area contributed by atoms with Crippen LogP contribution >= 0.6 is 0 Å². The topological polar surface area (TPSA) is 47.6 Å². The molecule has 1 N–H and O–H groups in total. The van der Waals surface area contributed by atoms with E-state index in [0.717, 1.165) is 11.4 Å². The third-order valence-corrected chi connectivity index (χ3v) is 2.53. The summed E-state index contributed by atoms with van der Waals surface area (Å²) >= 11 is 0. The van der Waals surface area contributed by atoms with Crippen LogP contribution < -0.4 is 10.1 Å². The van der Waals surface area contributed by atoms with Gasteiger partial charge >= 0.3 is 0 Å².